The number of carbonyl (C=O) groups excluding carboxylic acids is 1. The topological polar surface area (TPSA) is 194 Å². The Balaban J connectivity index is 1.88. The largest absolute Gasteiger partial charge is 0.469 e. The van der Waals surface area contributed by atoms with Crippen molar-refractivity contribution in [2.24, 2.45) is 5.73 Å². The Morgan fingerprint density at radius 3 is 2.55 bits per heavy atom. The van der Waals surface area contributed by atoms with Crippen LogP contribution in [-0.4, -0.2) is 49.2 Å². The average Bonchev–Trinajstić information content (AvgIpc) is 3.00. The van der Waals surface area contributed by atoms with E-state index in [9.17, 15) is 24.1 Å². The molecule has 1 aromatic heterocycles. The van der Waals surface area contributed by atoms with Gasteiger partial charge in [0.2, 0.25) is 5.91 Å². The molecule has 0 bridgehead atoms. The van der Waals surface area contributed by atoms with Gasteiger partial charge in [-0.1, -0.05) is 12.1 Å². The molecule has 156 valence electrons. The summed E-state index contributed by atoms with van der Waals surface area (Å²) < 4.78 is 21.7. The summed E-state index contributed by atoms with van der Waals surface area (Å²) in [5.74, 6) is -0.632. The maximum Gasteiger partial charge on any atom is 0.469 e. The van der Waals surface area contributed by atoms with E-state index in [1.807, 2.05) is 0 Å². The molecule has 1 fully saturated rings. The number of aromatic nitrogens is 2. The number of ether oxygens (including phenoxy) is 1. The molecule has 1 aliphatic rings. The van der Waals surface area contributed by atoms with E-state index in [0.717, 1.165) is 4.57 Å². The van der Waals surface area contributed by atoms with Crippen LogP contribution in [0.15, 0.2) is 40.1 Å². The number of phosphoric ester groups is 1. The summed E-state index contributed by atoms with van der Waals surface area (Å²) in [4.78, 5) is 55.3. The Morgan fingerprint density at radius 1 is 1.31 bits per heavy atom. The van der Waals surface area contributed by atoms with Crippen molar-refractivity contribution in [2.75, 3.05) is 6.61 Å². The van der Waals surface area contributed by atoms with Crippen LogP contribution in [0.25, 0.3) is 11.1 Å². The van der Waals surface area contributed by atoms with Crippen molar-refractivity contribution >= 4 is 13.7 Å². The summed E-state index contributed by atoms with van der Waals surface area (Å²) in [6.45, 7) is -0.582. The van der Waals surface area contributed by atoms with E-state index in [2.05, 4.69) is 9.51 Å². The number of H-pyrrole nitrogens is 1. The van der Waals surface area contributed by atoms with Crippen molar-refractivity contribution in [3.63, 3.8) is 0 Å². The van der Waals surface area contributed by atoms with E-state index >= 15 is 0 Å². The van der Waals surface area contributed by atoms with Gasteiger partial charge in [0, 0.05) is 18.2 Å². The number of rotatable bonds is 6. The van der Waals surface area contributed by atoms with Crippen LogP contribution in [0, 0.1) is 0 Å². The molecule has 3 atom stereocenters. The fourth-order valence-corrected chi connectivity index (χ4v) is 3.27. The number of aromatic amines is 1. The number of phosphoric acid groups is 1. The Kier molecular flexibility index (Phi) is 5.85. The second-order valence-corrected chi connectivity index (χ2v) is 7.61. The number of hydrogen-bond acceptors (Lipinski definition) is 7. The van der Waals surface area contributed by atoms with Crippen LogP contribution in [0.1, 0.15) is 23.0 Å². The molecular formula is C16H18N3O9P. The van der Waals surface area contributed by atoms with Crippen LogP contribution >= 0.6 is 7.82 Å². The fourth-order valence-electron chi connectivity index (χ4n) is 2.93. The zero-order chi connectivity index (χ0) is 21.3. The highest BCUT2D eigenvalue weighted by molar-refractivity contribution is 7.46. The van der Waals surface area contributed by atoms with Gasteiger partial charge in [0.05, 0.1) is 18.3 Å². The Bertz CT molecular complexity index is 1070. The number of amides is 1. The number of primary amides is 1. The number of benzene rings is 1. The van der Waals surface area contributed by atoms with Crippen LogP contribution in [0.2, 0.25) is 0 Å². The Labute approximate surface area is 162 Å². The quantitative estimate of drug-likeness (QED) is 0.362. The lowest BCUT2D eigenvalue weighted by molar-refractivity contribution is -0.0450. The lowest BCUT2D eigenvalue weighted by Crippen LogP contribution is -2.33. The molecule has 1 amide bonds. The molecule has 0 saturated carbocycles. The molecule has 13 heteroatoms. The van der Waals surface area contributed by atoms with Gasteiger partial charge < -0.3 is 25.4 Å². The van der Waals surface area contributed by atoms with Crippen molar-refractivity contribution in [3.8, 4) is 11.1 Å². The highest BCUT2D eigenvalue weighted by Crippen LogP contribution is 2.38. The minimum atomic E-state index is -4.75. The van der Waals surface area contributed by atoms with Gasteiger partial charge in [0.25, 0.3) is 5.56 Å². The molecule has 1 aromatic carbocycles. The van der Waals surface area contributed by atoms with Gasteiger partial charge in [-0.3, -0.25) is 23.7 Å². The number of hydrogen-bond donors (Lipinski definition) is 5. The fraction of sp³-hybridized carbons (Fsp3) is 0.312. The third-order valence-electron chi connectivity index (χ3n) is 4.37. The lowest BCUT2D eigenvalue weighted by atomic mass is 10.1. The molecule has 1 aliphatic heterocycles. The molecule has 0 aliphatic carbocycles. The third kappa shape index (κ3) is 4.88. The number of nitrogens with one attached hydrogen (secondary N) is 1. The van der Waals surface area contributed by atoms with Gasteiger partial charge in [0.1, 0.15) is 12.3 Å². The molecule has 3 rings (SSSR count). The minimum Gasteiger partial charge on any atom is -0.390 e. The predicted molar refractivity (Wildman–Crippen MR) is 97.8 cm³/mol. The molecule has 0 radical (unpaired) electrons. The highest BCUT2D eigenvalue weighted by atomic mass is 31.2. The Morgan fingerprint density at radius 2 is 1.97 bits per heavy atom. The van der Waals surface area contributed by atoms with Crippen LogP contribution in [0.5, 0.6) is 0 Å². The summed E-state index contributed by atoms with van der Waals surface area (Å²) in [6.07, 6.45) is -2.05. The number of nitrogens with two attached hydrogens (primary N) is 1. The number of carbonyl (C=O) groups is 1. The maximum absolute atomic E-state index is 12.2. The molecule has 12 nitrogen and oxygen atoms in total. The first-order chi connectivity index (χ1) is 13.5. The molecular weight excluding hydrogens is 409 g/mol. The molecule has 2 aromatic rings. The van der Waals surface area contributed by atoms with Crippen molar-refractivity contribution in [1.82, 2.24) is 9.55 Å². The zero-order valence-corrected chi connectivity index (χ0v) is 15.7. The van der Waals surface area contributed by atoms with Gasteiger partial charge in [-0.2, -0.15) is 0 Å². The van der Waals surface area contributed by atoms with Crippen molar-refractivity contribution in [2.45, 2.75) is 24.9 Å². The maximum atomic E-state index is 12.2. The van der Waals surface area contributed by atoms with Crippen LogP contribution in [-0.2, 0) is 13.8 Å². The molecule has 0 spiro atoms. The van der Waals surface area contributed by atoms with Crippen molar-refractivity contribution in [3.05, 3.63) is 56.9 Å². The number of aliphatic hydroxyl groups excluding tert-OH is 1. The first-order valence-corrected chi connectivity index (χ1v) is 9.87. The first-order valence-electron chi connectivity index (χ1n) is 8.34. The second-order valence-electron chi connectivity index (χ2n) is 6.37. The molecule has 2 heterocycles. The minimum absolute atomic E-state index is 0.0683. The van der Waals surface area contributed by atoms with Crippen LogP contribution in [0.4, 0.5) is 0 Å². The van der Waals surface area contributed by atoms with E-state index in [1.54, 1.807) is 0 Å². The normalized spacial score (nSPS) is 22.0. The summed E-state index contributed by atoms with van der Waals surface area (Å²) >= 11 is 0. The monoisotopic (exact) mass is 427 g/mol. The van der Waals surface area contributed by atoms with Gasteiger partial charge in [0.15, 0.2) is 0 Å². The highest BCUT2D eigenvalue weighted by Gasteiger charge is 2.37. The van der Waals surface area contributed by atoms with Gasteiger partial charge in [-0.25, -0.2) is 9.36 Å². The smallest absolute Gasteiger partial charge is 0.390 e. The van der Waals surface area contributed by atoms with Crippen molar-refractivity contribution < 1.29 is 33.5 Å². The standard InChI is InChI=1S/C16H18N3O9P/c17-14(21)9-3-1-8(2-4-9)10-6-19(16(23)18-15(10)22)13-5-11(20)12(28-13)7-27-29(24,25)26/h1-4,6,11-13,20H,5,7H2,(H2,17,21)(H,18,22,23)(H2,24,25,26)/t11-,12+,13+/m0/s1. The van der Waals surface area contributed by atoms with E-state index in [1.165, 1.54) is 30.5 Å². The first kappa shape index (κ1) is 21.1. The number of aliphatic hydroxyl groups is 1. The van der Waals surface area contributed by atoms with Crippen molar-refractivity contribution in [1.29, 1.82) is 0 Å². The number of nitrogens with zero attached hydrogens (tertiary/aromatic N) is 1. The van der Waals surface area contributed by atoms with Gasteiger partial charge >= 0.3 is 13.5 Å². The van der Waals surface area contributed by atoms with Gasteiger partial charge in [-0.05, 0) is 17.7 Å². The molecule has 6 N–H and O–H groups in total. The third-order valence-corrected chi connectivity index (χ3v) is 4.86. The van der Waals surface area contributed by atoms with Crippen LogP contribution in [0.3, 0.4) is 0 Å². The van der Waals surface area contributed by atoms with Crippen LogP contribution < -0.4 is 17.0 Å². The molecule has 29 heavy (non-hydrogen) atoms. The van der Waals surface area contributed by atoms with E-state index in [0.29, 0.717) is 5.56 Å². The SMILES string of the molecule is NC(=O)c1ccc(-c2cn([C@H]3C[C@H](O)[C@@H](COP(=O)(O)O)O3)c(=O)[nH]c2=O)cc1. The molecule has 0 unspecified atom stereocenters. The summed E-state index contributed by atoms with van der Waals surface area (Å²) in [5.41, 5.74) is 4.48. The average molecular weight is 427 g/mol. The summed E-state index contributed by atoms with van der Waals surface area (Å²) in [5, 5.41) is 10.0. The van der Waals surface area contributed by atoms with Gasteiger partial charge in [-0.15, -0.1) is 0 Å². The zero-order valence-electron chi connectivity index (χ0n) is 14.8. The van der Waals surface area contributed by atoms with E-state index < -0.39 is 50.0 Å². The summed E-state index contributed by atoms with van der Waals surface area (Å²) in [6, 6.07) is 5.83. The lowest BCUT2D eigenvalue weighted by Gasteiger charge is -2.17. The van der Waals surface area contributed by atoms with E-state index in [-0.39, 0.29) is 17.5 Å². The Hall–Kier alpha value is -2.60. The predicted octanol–water partition coefficient (Wildman–Crippen LogP) is -0.940. The van der Waals surface area contributed by atoms with E-state index in [4.69, 9.17) is 20.3 Å². The summed E-state index contributed by atoms with van der Waals surface area (Å²) in [7, 11) is -4.75. The second kappa shape index (κ2) is 8.03. The molecule has 1 saturated heterocycles.